The van der Waals surface area contributed by atoms with Crippen LogP contribution in [-0.4, -0.2) is 40.9 Å². The standard InChI is InChI=1S/C13H19F2NO3S/c1-9(2)16(6-3-7-17)12(18)11-5-4-10(19-11)8-20-13(14)15/h4-5,9,13,17H,3,6-8H2,1-2H3. The summed E-state index contributed by atoms with van der Waals surface area (Å²) in [7, 11) is 0. The first-order chi connectivity index (χ1) is 9.45. The molecule has 0 aliphatic rings. The van der Waals surface area contributed by atoms with E-state index in [1.165, 1.54) is 12.1 Å². The summed E-state index contributed by atoms with van der Waals surface area (Å²) >= 11 is 0.453. The maximum absolute atomic E-state index is 12.2. The number of carbonyl (C=O) groups is 1. The number of aliphatic hydroxyl groups excluding tert-OH is 1. The Hall–Kier alpha value is -1.08. The van der Waals surface area contributed by atoms with Gasteiger partial charge < -0.3 is 14.4 Å². The third-order valence-electron chi connectivity index (χ3n) is 2.67. The Kier molecular flexibility index (Phi) is 7.01. The Morgan fingerprint density at radius 2 is 2.15 bits per heavy atom. The van der Waals surface area contributed by atoms with Gasteiger partial charge in [-0.2, -0.15) is 8.78 Å². The lowest BCUT2D eigenvalue weighted by atomic mass is 10.2. The smallest absolute Gasteiger partial charge is 0.289 e. The van der Waals surface area contributed by atoms with Gasteiger partial charge in [0.1, 0.15) is 5.76 Å². The van der Waals surface area contributed by atoms with E-state index in [1.807, 2.05) is 13.8 Å². The quantitative estimate of drug-likeness (QED) is 0.802. The monoisotopic (exact) mass is 307 g/mol. The van der Waals surface area contributed by atoms with Crippen LogP contribution in [0.4, 0.5) is 8.78 Å². The van der Waals surface area contributed by atoms with E-state index in [-0.39, 0.29) is 30.1 Å². The number of amides is 1. The molecule has 0 unspecified atom stereocenters. The fourth-order valence-corrected chi connectivity index (χ4v) is 2.14. The average Bonchev–Trinajstić information content (AvgIpc) is 2.85. The second kappa shape index (κ2) is 8.26. The number of rotatable bonds is 8. The summed E-state index contributed by atoms with van der Waals surface area (Å²) in [6, 6.07) is 3.00. The molecule has 20 heavy (non-hydrogen) atoms. The van der Waals surface area contributed by atoms with Gasteiger partial charge in [0.2, 0.25) is 0 Å². The van der Waals surface area contributed by atoms with Crippen molar-refractivity contribution in [1.82, 2.24) is 4.90 Å². The molecule has 1 heterocycles. The number of hydrogen-bond donors (Lipinski definition) is 1. The van der Waals surface area contributed by atoms with Crippen molar-refractivity contribution in [3.05, 3.63) is 23.7 Å². The molecular formula is C13H19F2NO3S. The van der Waals surface area contributed by atoms with Gasteiger partial charge in [-0.3, -0.25) is 4.79 Å². The summed E-state index contributed by atoms with van der Waals surface area (Å²) in [4.78, 5) is 13.8. The second-order valence-corrected chi connectivity index (χ2v) is 5.49. The first-order valence-corrected chi connectivity index (χ1v) is 7.41. The fraction of sp³-hybridized carbons (Fsp3) is 0.615. The van der Waals surface area contributed by atoms with Crippen LogP contribution in [0.25, 0.3) is 0 Å². The number of hydrogen-bond acceptors (Lipinski definition) is 4. The highest BCUT2D eigenvalue weighted by Crippen LogP contribution is 2.22. The topological polar surface area (TPSA) is 53.7 Å². The number of nitrogens with zero attached hydrogens (tertiary/aromatic N) is 1. The SMILES string of the molecule is CC(C)N(CCCO)C(=O)c1ccc(CSC(F)F)o1. The van der Waals surface area contributed by atoms with Gasteiger partial charge >= 0.3 is 0 Å². The average molecular weight is 307 g/mol. The number of halogens is 2. The largest absolute Gasteiger partial charge is 0.455 e. The van der Waals surface area contributed by atoms with Gasteiger partial charge in [-0.15, -0.1) is 0 Å². The van der Waals surface area contributed by atoms with Crippen LogP contribution in [0.3, 0.4) is 0 Å². The molecule has 0 fully saturated rings. The number of alkyl halides is 2. The van der Waals surface area contributed by atoms with Crippen molar-refractivity contribution >= 4 is 17.7 Å². The molecule has 1 aromatic rings. The third-order valence-corrected chi connectivity index (χ3v) is 3.37. The number of furan rings is 1. The molecular weight excluding hydrogens is 288 g/mol. The van der Waals surface area contributed by atoms with Gasteiger partial charge in [-0.05, 0) is 32.4 Å². The van der Waals surface area contributed by atoms with Crippen molar-refractivity contribution in [3.63, 3.8) is 0 Å². The predicted molar refractivity (Wildman–Crippen MR) is 73.9 cm³/mol. The minimum Gasteiger partial charge on any atom is -0.455 e. The number of carbonyl (C=O) groups excluding carboxylic acids is 1. The van der Waals surface area contributed by atoms with Gasteiger partial charge in [0.15, 0.2) is 5.76 Å². The summed E-state index contributed by atoms with van der Waals surface area (Å²) in [6.45, 7) is 4.16. The molecule has 0 aliphatic heterocycles. The van der Waals surface area contributed by atoms with Crippen LogP contribution in [0.2, 0.25) is 0 Å². The summed E-state index contributed by atoms with van der Waals surface area (Å²) < 4.78 is 29.5. The maximum Gasteiger partial charge on any atom is 0.289 e. The van der Waals surface area contributed by atoms with Gasteiger partial charge in [0.05, 0.1) is 5.75 Å². The van der Waals surface area contributed by atoms with Gasteiger partial charge in [-0.25, -0.2) is 0 Å². The second-order valence-electron chi connectivity index (χ2n) is 4.51. The molecule has 114 valence electrons. The fourth-order valence-electron chi connectivity index (χ4n) is 1.69. The van der Waals surface area contributed by atoms with Crippen molar-refractivity contribution in [2.24, 2.45) is 0 Å². The Morgan fingerprint density at radius 3 is 2.70 bits per heavy atom. The maximum atomic E-state index is 12.2. The molecule has 0 radical (unpaired) electrons. The van der Waals surface area contributed by atoms with Crippen molar-refractivity contribution in [2.45, 2.75) is 37.8 Å². The highest BCUT2D eigenvalue weighted by molar-refractivity contribution is 7.98. The Labute approximate surface area is 121 Å². The van der Waals surface area contributed by atoms with E-state index in [0.717, 1.165) is 0 Å². The van der Waals surface area contributed by atoms with E-state index in [0.29, 0.717) is 30.5 Å². The van der Waals surface area contributed by atoms with Crippen LogP contribution in [0, 0.1) is 0 Å². The van der Waals surface area contributed by atoms with E-state index in [2.05, 4.69) is 0 Å². The minimum atomic E-state index is -2.46. The zero-order valence-electron chi connectivity index (χ0n) is 11.5. The molecule has 0 aromatic carbocycles. The highest BCUT2D eigenvalue weighted by atomic mass is 32.2. The van der Waals surface area contributed by atoms with E-state index in [1.54, 1.807) is 4.90 Å². The molecule has 0 atom stereocenters. The molecule has 4 nitrogen and oxygen atoms in total. The first-order valence-electron chi connectivity index (χ1n) is 6.36. The van der Waals surface area contributed by atoms with Crippen molar-refractivity contribution in [3.8, 4) is 0 Å². The molecule has 7 heteroatoms. The number of thioether (sulfide) groups is 1. The summed E-state index contributed by atoms with van der Waals surface area (Å²) in [5.41, 5.74) is 0. The van der Waals surface area contributed by atoms with Crippen molar-refractivity contribution in [1.29, 1.82) is 0 Å². The normalized spacial score (nSPS) is 11.3. The molecule has 1 aromatic heterocycles. The van der Waals surface area contributed by atoms with Crippen LogP contribution in [0.5, 0.6) is 0 Å². The Balaban J connectivity index is 2.69. The van der Waals surface area contributed by atoms with Crippen LogP contribution in [0.15, 0.2) is 16.5 Å². The summed E-state index contributed by atoms with van der Waals surface area (Å²) in [6.07, 6.45) is 0.485. The Bertz CT molecular complexity index is 424. The van der Waals surface area contributed by atoms with E-state index < -0.39 is 5.76 Å². The van der Waals surface area contributed by atoms with Gasteiger partial charge in [0.25, 0.3) is 11.7 Å². The minimum absolute atomic E-state index is 0.00489. The molecule has 0 spiro atoms. The van der Waals surface area contributed by atoms with Gasteiger partial charge in [0, 0.05) is 19.2 Å². The molecule has 0 aliphatic carbocycles. The van der Waals surface area contributed by atoms with E-state index >= 15 is 0 Å². The lowest BCUT2D eigenvalue weighted by Crippen LogP contribution is -2.37. The van der Waals surface area contributed by atoms with Crippen LogP contribution in [0.1, 0.15) is 36.6 Å². The lowest BCUT2D eigenvalue weighted by Gasteiger charge is -2.25. The van der Waals surface area contributed by atoms with Crippen LogP contribution < -0.4 is 0 Å². The first kappa shape index (κ1) is 17.0. The van der Waals surface area contributed by atoms with Crippen LogP contribution in [-0.2, 0) is 5.75 Å². The highest BCUT2D eigenvalue weighted by Gasteiger charge is 2.21. The molecule has 0 saturated heterocycles. The molecule has 0 saturated carbocycles. The van der Waals surface area contributed by atoms with Crippen molar-refractivity contribution in [2.75, 3.05) is 13.2 Å². The van der Waals surface area contributed by atoms with Crippen LogP contribution >= 0.6 is 11.8 Å². The summed E-state index contributed by atoms with van der Waals surface area (Å²) in [5.74, 6) is -2.23. The van der Waals surface area contributed by atoms with Crippen molar-refractivity contribution < 1.29 is 23.1 Å². The zero-order chi connectivity index (χ0) is 15.1. The Morgan fingerprint density at radius 1 is 1.45 bits per heavy atom. The van der Waals surface area contributed by atoms with E-state index in [9.17, 15) is 13.6 Å². The molecule has 1 rings (SSSR count). The molecule has 1 amide bonds. The summed E-state index contributed by atoms with van der Waals surface area (Å²) in [5, 5.41) is 8.84. The molecule has 1 N–H and O–H groups in total. The molecule has 0 bridgehead atoms. The predicted octanol–water partition coefficient (Wildman–Crippen LogP) is 2.97. The third kappa shape index (κ3) is 5.13. The zero-order valence-corrected chi connectivity index (χ0v) is 12.3. The lowest BCUT2D eigenvalue weighted by molar-refractivity contribution is 0.0659. The van der Waals surface area contributed by atoms with E-state index in [4.69, 9.17) is 9.52 Å². The number of aliphatic hydroxyl groups is 1. The van der Waals surface area contributed by atoms with Gasteiger partial charge in [-0.1, -0.05) is 11.8 Å².